The number of halogens is 3. The van der Waals surface area contributed by atoms with E-state index in [1.165, 1.54) is 18.2 Å². The average molecular weight is 313 g/mol. The third-order valence-electron chi connectivity index (χ3n) is 3.08. The van der Waals surface area contributed by atoms with Crippen LogP contribution in [0.25, 0.3) is 0 Å². The van der Waals surface area contributed by atoms with E-state index >= 15 is 0 Å². The van der Waals surface area contributed by atoms with Crippen molar-refractivity contribution in [3.63, 3.8) is 0 Å². The van der Waals surface area contributed by atoms with E-state index in [1.54, 1.807) is 18.3 Å². The number of alkyl halides is 3. The summed E-state index contributed by atoms with van der Waals surface area (Å²) in [6.07, 6.45) is -3.25. The van der Waals surface area contributed by atoms with Crippen LogP contribution in [0, 0.1) is 5.92 Å². The molecule has 1 aromatic carbocycles. The molecule has 0 aromatic heterocycles. The predicted molar refractivity (Wildman–Crippen MR) is 74.2 cm³/mol. The quantitative estimate of drug-likeness (QED) is 0.662. The molecule has 0 bridgehead atoms. The van der Waals surface area contributed by atoms with Crippen molar-refractivity contribution >= 4 is 23.2 Å². The number of carbonyl (C=O) groups excluding carboxylic acids is 2. The molecule has 1 aliphatic carbocycles. The lowest BCUT2D eigenvalue weighted by molar-refractivity contribution is -0.167. The molecule has 1 saturated carbocycles. The highest BCUT2D eigenvalue weighted by Gasteiger charge is 2.38. The monoisotopic (exact) mass is 313 g/mol. The van der Waals surface area contributed by atoms with Crippen LogP contribution in [0.1, 0.15) is 25.3 Å². The van der Waals surface area contributed by atoms with Crippen molar-refractivity contribution in [3.8, 4) is 0 Å². The molecule has 0 heterocycles. The highest BCUT2D eigenvalue weighted by atomic mass is 19.4. The molecule has 1 aromatic rings. The highest BCUT2D eigenvalue weighted by Crippen LogP contribution is 2.28. The van der Waals surface area contributed by atoms with Gasteiger partial charge in [-0.1, -0.05) is 12.1 Å². The van der Waals surface area contributed by atoms with E-state index in [0.29, 0.717) is 11.3 Å². The molecule has 0 unspecified atom stereocenters. The van der Waals surface area contributed by atoms with Gasteiger partial charge in [-0.2, -0.15) is 18.3 Å². The molecule has 2 amide bonds. The minimum absolute atomic E-state index is 0.00268. The molecule has 8 heteroatoms. The van der Waals surface area contributed by atoms with Crippen molar-refractivity contribution in [2.75, 3.05) is 5.32 Å². The topological polar surface area (TPSA) is 70.6 Å². The van der Waals surface area contributed by atoms with Crippen LogP contribution in [0.4, 0.5) is 18.9 Å². The number of benzene rings is 1. The Bertz CT molecular complexity index is 622. The zero-order valence-corrected chi connectivity index (χ0v) is 11.7. The number of amides is 2. The van der Waals surface area contributed by atoms with Crippen LogP contribution in [0.15, 0.2) is 29.4 Å². The number of hydrogen-bond acceptors (Lipinski definition) is 3. The summed E-state index contributed by atoms with van der Waals surface area (Å²) in [5, 5.41) is 5.67. The maximum Gasteiger partial charge on any atom is 0.471 e. The van der Waals surface area contributed by atoms with E-state index in [9.17, 15) is 22.8 Å². The number of hydrogen-bond donors (Lipinski definition) is 2. The predicted octanol–water partition coefficient (Wildman–Crippen LogP) is 2.44. The van der Waals surface area contributed by atoms with Gasteiger partial charge in [-0.15, -0.1) is 0 Å². The Kier molecular flexibility index (Phi) is 4.48. The number of hydrazone groups is 1. The van der Waals surface area contributed by atoms with E-state index < -0.39 is 12.1 Å². The fraction of sp³-hybridized carbons (Fsp3) is 0.357. The van der Waals surface area contributed by atoms with Crippen LogP contribution in [-0.4, -0.2) is 23.7 Å². The van der Waals surface area contributed by atoms with E-state index in [-0.39, 0.29) is 17.5 Å². The van der Waals surface area contributed by atoms with Crippen LogP contribution in [-0.2, 0) is 9.59 Å². The molecule has 0 saturated heterocycles. The molecular formula is C14H14F3N3O2. The molecule has 1 fully saturated rings. The van der Waals surface area contributed by atoms with Gasteiger partial charge in [0.1, 0.15) is 0 Å². The van der Waals surface area contributed by atoms with Crippen molar-refractivity contribution in [2.45, 2.75) is 25.9 Å². The maximum absolute atomic E-state index is 12.2. The SMILES string of the molecule is CC(=NNC(=O)C1CC1)c1cccc(NC(=O)C(F)(F)F)c1. The third-order valence-corrected chi connectivity index (χ3v) is 3.08. The summed E-state index contributed by atoms with van der Waals surface area (Å²) in [6, 6.07) is 5.80. The Hall–Kier alpha value is -2.38. The first-order valence-electron chi connectivity index (χ1n) is 6.60. The summed E-state index contributed by atoms with van der Waals surface area (Å²) in [7, 11) is 0. The number of nitrogens with one attached hydrogen (secondary N) is 2. The van der Waals surface area contributed by atoms with Crippen LogP contribution in [0.2, 0.25) is 0 Å². The first kappa shape index (κ1) is 16.0. The second-order valence-electron chi connectivity index (χ2n) is 4.98. The fourth-order valence-corrected chi connectivity index (χ4v) is 1.66. The normalized spacial score (nSPS) is 15.4. The molecule has 0 aliphatic heterocycles. The number of carbonyl (C=O) groups is 2. The lowest BCUT2D eigenvalue weighted by Crippen LogP contribution is -2.30. The Morgan fingerprint density at radius 3 is 2.55 bits per heavy atom. The van der Waals surface area contributed by atoms with Gasteiger partial charge in [0.15, 0.2) is 0 Å². The zero-order valence-electron chi connectivity index (χ0n) is 11.7. The summed E-state index contributed by atoms with van der Waals surface area (Å²) in [6.45, 7) is 1.61. The number of rotatable bonds is 4. The van der Waals surface area contributed by atoms with Gasteiger partial charge in [-0.3, -0.25) is 9.59 Å². The molecule has 2 rings (SSSR count). The Morgan fingerprint density at radius 2 is 1.95 bits per heavy atom. The van der Waals surface area contributed by atoms with Gasteiger partial charge < -0.3 is 5.32 Å². The lowest BCUT2D eigenvalue weighted by Gasteiger charge is -2.09. The number of nitrogens with zero attached hydrogens (tertiary/aromatic N) is 1. The van der Waals surface area contributed by atoms with Crippen molar-refractivity contribution < 1.29 is 22.8 Å². The van der Waals surface area contributed by atoms with E-state index in [1.807, 2.05) is 0 Å². The van der Waals surface area contributed by atoms with E-state index in [2.05, 4.69) is 10.5 Å². The van der Waals surface area contributed by atoms with Crippen molar-refractivity contribution in [1.82, 2.24) is 5.43 Å². The average Bonchev–Trinajstić information content (AvgIpc) is 3.28. The first-order valence-corrected chi connectivity index (χ1v) is 6.60. The second-order valence-corrected chi connectivity index (χ2v) is 4.98. The summed E-state index contributed by atoms with van der Waals surface area (Å²) in [5.74, 6) is -2.20. The third kappa shape index (κ3) is 4.31. The summed E-state index contributed by atoms with van der Waals surface area (Å²) < 4.78 is 36.6. The molecular weight excluding hydrogens is 299 g/mol. The van der Waals surface area contributed by atoms with Gasteiger partial charge in [-0.25, -0.2) is 5.43 Å². The summed E-state index contributed by atoms with van der Waals surface area (Å²) in [4.78, 5) is 22.4. The van der Waals surface area contributed by atoms with Gasteiger partial charge in [0.05, 0.1) is 5.71 Å². The van der Waals surface area contributed by atoms with Crippen LogP contribution in [0.5, 0.6) is 0 Å². The highest BCUT2D eigenvalue weighted by molar-refractivity contribution is 6.01. The standard InChI is InChI=1S/C14H14F3N3O2/c1-8(19-20-12(21)9-5-6-9)10-3-2-4-11(7-10)18-13(22)14(15,16)17/h2-4,7,9H,5-6H2,1H3,(H,18,22)(H,20,21). The molecule has 5 nitrogen and oxygen atoms in total. The van der Waals surface area contributed by atoms with Crippen LogP contribution >= 0.6 is 0 Å². The Labute approximate surface area is 124 Å². The van der Waals surface area contributed by atoms with Crippen LogP contribution in [0.3, 0.4) is 0 Å². The molecule has 0 radical (unpaired) electrons. The van der Waals surface area contributed by atoms with Crippen molar-refractivity contribution in [3.05, 3.63) is 29.8 Å². The Balaban J connectivity index is 2.05. The fourth-order valence-electron chi connectivity index (χ4n) is 1.66. The van der Waals surface area contributed by atoms with Crippen LogP contribution < -0.4 is 10.7 Å². The summed E-state index contributed by atoms with van der Waals surface area (Å²) in [5.41, 5.74) is 3.34. The van der Waals surface area contributed by atoms with Gasteiger partial charge in [0.2, 0.25) is 5.91 Å². The molecule has 1 aliphatic rings. The zero-order chi connectivity index (χ0) is 16.3. The first-order chi connectivity index (χ1) is 10.3. The van der Waals surface area contributed by atoms with E-state index in [4.69, 9.17) is 0 Å². The van der Waals surface area contributed by atoms with E-state index in [0.717, 1.165) is 12.8 Å². The largest absolute Gasteiger partial charge is 0.471 e. The molecule has 118 valence electrons. The number of anilines is 1. The maximum atomic E-state index is 12.2. The minimum atomic E-state index is -4.95. The van der Waals surface area contributed by atoms with Crippen molar-refractivity contribution in [1.29, 1.82) is 0 Å². The molecule has 2 N–H and O–H groups in total. The summed E-state index contributed by atoms with van der Waals surface area (Å²) >= 11 is 0. The molecule has 0 spiro atoms. The molecule has 22 heavy (non-hydrogen) atoms. The van der Waals surface area contributed by atoms with Gasteiger partial charge in [0, 0.05) is 11.6 Å². The smallest absolute Gasteiger partial charge is 0.318 e. The van der Waals surface area contributed by atoms with Gasteiger partial charge in [-0.05, 0) is 37.5 Å². The Morgan fingerprint density at radius 1 is 1.27 bits per heavy atom. The second kappa shape index (κ2) is 6.17. The van der Waals surface area contributed by atoms with Crippen molar-refractivity contribution in [2.24, 2.45) is 11.0 Å². The lowest BCUT2D eigenvalue weighted by atomic mass is 10.1. The molecule has 0 atom stereocenters. The minimum Gasteiger partial charge on any atom is -0.318 e. The van der Waals surface area contributed by atoms with Gasteiger partial charge in [0.25, 0.3) is 0 Å². The van der Waals surface area contributed by atoms with Gasteiger partial charge >= 0.3 is 12.1 Å².